The van der Waals surface area contributed by atoms with E-state index in [1.807, 2.05) is 19.9 Å². The summed E-state index contributed by atoms with van der Waals surface area (Å²) in [6.07, 6.45) is 1.12. The molecule has 0 fully saturated rings. The van der Waals surface area contributed by atoms with Gasteiger partial charge in [-0.2, -0.15) is 5.26 Å². The number of rotatable bonds is 7. The van der Waals surface area contributed by atoms with Gasteiger partial charge in [-0.15, -0.1) is 0 Å². The van der Waals surface area contributed by atoms with Crippen LogP contribution in [0.3, 0.4) is 0 Å². The minimum absolute atomic E-state index is 0.0981. The molecular formula is C21H24N6O3. The molecule has 2 heterocycles. The summed E-state index contributed by atoms with van der Waals surface area (Å²) >= 11 is 0. The van der Waals surface area contributed by atoms with E-state index in [-0.39, 0.29) is 18.5 Å². The molecule has 3 rings (SSSR count). The number of hydrogen-bond acceptors (Lipinski definition) is 6. The van der Waals surface area contributed by atoms with Crippen LogP contribution >= 0.6 is 0 Å². The number of ether oxygens (including phenoxy) is 1. The number of aromatic nitrogens is 3. The lowest BCUT2D eigenvalue weighted by Crippen LogP contribution is -2.50. The molecule has 0 aliphatic rings. The van der Waals surface area contributed by atoms with Gasteiger partial charge in [0.15, 0.2) is 11.6 Å². The Labute approximate surface area is 173 Å². The predicted molar refractivity (Wildman–Crippen MR) is 113 cm³/mol. The van der Waals surface area contributed by atoms with Gasteiger partial charge in [-0.25, -0.2) is 14.8 Å². The Balaban J connectivity index is 1.89. The number of nitrogen functional groups attached to an aromatic ring is 1. The summed E-state index contributed by atoms with van der Waals surface area (Å²) in [5.74, 6) is 0.912. The Morgan fingerprint density at radius 3 is 2.87 bits per heavy atom. The van der Waals surface area contributed by atoms with Gasteiger partial charge in [-0.05, 0) is 43.0 Å². The van der Waals surface area contributed by atoms with E-state index >= 15 is 0 Å². The first-order valence-corrected chi connectivity index (χ1v) is 9.49. The molecule has 1 aromatic carbocycles. The summed E-state index contributed by atoms with van der Waals surface area (Å²) in [6.45, 7) is 5.90. The summed E-state index contributed by atoms with van der Waals surface area (Å²) < 4.78 is 5.87. The molecule has 0 radical (unpaired) electrons. The molecule has 0 aliphatic heterocycles. The van der Waals surface area contributed by atoms with Crippen LogP contribution in [-0.4, -0.2) is 38.3 Å². The van der Waals surface area contributed by atoms with E-state index < -0.39 is 11.6 Å². The van der Waals surface area contributed by atoms with Crippen molar-refractivity contribution in [2.45, 2.75) is 32.7 Å². The first kappa shape index (κ1) is 20.9. The third kappa shape index (κ3) is 4.60. The molecule has 0 saturated heterocycles. The van der Waals surface area contributed by atoms with Crippen LogP contribution in [0.1, 0.15) is 32.8 Å². The van der Waals surface area contributed by atoms with Crippen molar-refractivity contribution in [3.05, 3.63) is 36.0 Å². The molecule has 30 heavy (non-hydrogen) atoms. The van der Waals surface area contributed by atoms with Crippen LogP contribution in [0, 0.1) is 17.2 Å². The summed E-state index contributed by atoms with van der Waals surface area (Å²) in [5.41, 5.74) is 8.03. The van der Waals surface area contributed by atoms with E-state index in [4.69, 9.17) is 15.6 Å². The molecule has 5 N–H and O–H groups in total. The van der Waals surface area contributed by atoms with Crippen molar-refractivity contribution in [2.24, 2.45) is 5.92 Å². The van der Waals surface area contributed by atoms with Gasteiger partial charge in [-0.3, -0.25) is 0 Å². The minimum Gasteiger partial charge on any atom is -0.490 e. The number of anilines is 1. The van der Waals surface area contributed by atoms with Gasteiger partial charge in [-0.1, -0.05) is 19.9 Å². The number of nitrogens with one attached hydrogen (secondary N) is 2. The summed E-state index contributed by atoms with van der Waals surface area (Å²) in [7, 11) is 0. The van der Waals surface area contributed by atoms with Gasteiger partial charge in [0.2, 0.25) is 0 Å². The molecule has 0 saturated carbocycles. The number of aromatic amines is 1. The molecule has 1 unspecified atom stereocenters. The van der Waals surface area contributed by atoms with Gasteiger partial charge in [0, 0.05) is 11.8 Å². The SMILES string of the molecule is CC(C)CC(C)(COc1ccc(-c2ccnc3[nH]c(N)nc23)cc1C#N)NC(=O)O. The largest absolute Gasteiger partial charge is 0.490 e. The van der Waals surface area contributed by atoms with Gasteiger partial charge >= 0.3 is 6.09 Å². The fourth-order valence-corrected chi connectivity index (χ4v) is 3.61. The number of amides is 1. The standard InChI is InChI=1S/C21H24N6O3/c1-12(2)9-21(3,27-20(28)29)11-30-16-5-4-13(8-14(16)10-22)15-6-7-24-18-17(15)25-19(23)26-18/h4-8,12,27H,9,11H2,1-3H3,(H,28,29)(H3,23,24,25,26). The lowest BCUT2D eigenvalue weighted by Gasteiger charge is -2.31. The van der Waals surface area contributed by atoms with E-state index in [0.29, 0.717) is 28.9 Å². The Hall–Kier alpha value is -3.80. The second kappa shape index (κ2) is 8.29. The molecule has 156 valence electrons. The van der Waals surface area contributed by atoms with Crippen LogP contribution in [0.25, 0.3) is 22.3 Å². The maximum atomic E-state index is 11.2. The number of H-pyrrole nitrogens is 1. The van der Waals surface area contributed by atoms with Crippen LogP contribution in [0.2, 0.25) is 0 Å². The number of nitriles is 1. The summed E-state index contributed by atoms with van der Waals surface area (Å²) in [6, 6.07) is 9.18. The van der Waals surface area contributed by atoms with E-state index in [1.54, 1.807) is 31.3 Å². The molecule has 0 bridgehead atoms. The molecule has 1 amide bonds. The highest BCUT2D eigenvalue weighted by Crippen LogP contribution is 2.31. The number of hydrogen-bond donors (Lipinski definition) is 4. The van der Waals surface area contributed by atoms with Crippen LogP contribution in [0.15, 0.2) is 30.5 Å². The van der Waals surface area contributed by atoms with Crippen molar-refractivity contribution >= 4 is 23.2 Å². The van der Waals surface area contributed by atoms with Crippen LogP contribution in [-0.2, 0) is 0 Å². The number of pyridine rings is 1. The molecule has 0 aliphatic carbocycles. The quantitative estimate of drug-likeness (QED) is 0.467. The number of fused-ring (bicyclic) bond motifs is 1. The van der Waals surface area contributed by atoms with Crippen molar-refractivity contribution in [1.29, 1.82) is 5.26 Å². The Kier molecular flexibility index (Phi) is 5.78. The van der Waals surface area contributed by atoms with E-state index in [0.717, 1.165) is 11.1 Å². The zero-order chi connectivity index (χ0) is 21.9. The Bertz CT molecular complexity index is 1120. The highest BCUT2D eigenvalue weighted by atomic mass is 16.5. The second-order valence-corrected chi connectivity index (χ2v) is 7.88. The topological polar surface area (TPSA) is 150 Å². The highest BCUT2D eigenvalue weighted by Gasteiger charge is 2.29. The van der Waals surface area contributed by atoms with Crippen molar-refractivity contribution in [3.63, 3.8) is 0 Å². The number of imidazole rings is 1. The van der Waals surface area contributed by atoms with Gasteiger partial charge in [0.25, 0.3) is 0 Å². The molecule has 0 spiro atoms. The highest BCUT2D eigenvalue weighted by molar-refractivity contribution is 5.91. The fourth-order valence-electron chi connectivity index (χ4n) is 3.61. The average Bonchev–Trinajstić information content (AvgIpc) is 3.05. The molecule has 2 aromatic heterocycles. The number of carboxylic acid groups (broad SMARTS) is 1. The molecule has 9 heteroatoms. The van der Waals surface area contributed by atoms with Gasteiger partial charge in [0.05, 0.1) is 11.1 Å². The molecule has 1 atom stereocenters. The summed E-state index contributed by atoms with van der Waals surface area (Å²) in [4.78, 5) is 22.6. The van der Waals surface area contributed by atoms with Gasteiger partial charge in [0.1, 0.15) is 23.9 Å². The summed E-state index contributed by atoms with van der Waals surface area (Å²) in [5, 5.41) is 21.3. The molecule has 3 aromatic rings. The monoisotopic (exact) mass is 408 g/mol. The van der Waals surface area contributed by atoms with E-state index in [1.165, 1.54) is 0 Å². The van der Waals surface area contributed by atoms with Crippen molar-refractivity contribution in [1.82, 2.24) is 20.3 Å². The third-order valence-electron chi connectivity index (χ3n) is 4.63. The first-order chi connectivity index (χ1) is 14.2. The van der Waals surface area contributed by atoms with Crippen molar-refractivity contribution in [3.8, 4) is 22.9 Å². The number of benzene rings is 1. The van der Waals surface area contributed by atoms with Crippen LogP contribution in [0.4, 0.5) is 10.7 Å². The predicted octanol–water partition coefficient (Wildman–Crippen LogP) is 3.53. The van der Waals surface area contributed by atoms with Gasteiger partial charge < -0.3 is 25.9 Å². The minimum atomic E-state index is -1.11. The Morgan fingerprint density at radius 2 is 2.20 bits per heavy atom. The zero-order valence-corrected chi connectivity index (χ0v) is 17.1. The maximum absolute atomic E-state index is 11.2. The smallest absolute Gasteiger partial charge is 0.405 e. The third-order valence-corrected chi connectivity index (χ3v) is 4.63. The fraction of sp³-hybridized carbons (Fsp3) is 0.333. The second-order valence-electron chi connectivity index (χ2n) is 7.88. The van der Waals surface area contributed by atoms with Crippen LogP contribution in [0.5, 0.6) is 5.75 Å². The average molecular weight is 408 g/mol. The van der Waals surface area contributed by atoms with E-state index in [9.17, 15) is 10.1 Å². The zero-order valence-electron chi connectivity index (χ0n) is 17.1. The van der Waals surface area contributed by atoms with Crippen molar-refractivity contribution < 1.29 is 14.6 Å². The number of nitrogens with zero attached hydrogens (tertiary/aromatic N) is 3. The lowest BCUT2D eigenvalue weighted by molar-refractivity contribution is 0.143. The van der Waals surface area contributed by atoms with Crippen LogP contribution < -0.4 is 15.8 Å². The Morgan fingerprint density at radius 1 is 1.43 bits per heavy atom. The molecule has 9 nitrogen and oxygen atoms in total. The molecular weight excluding hydrogens is 384 g/mol. The maximum Gasteiger partial charge on any atom is 0.405 e. The lowest BCUT2D eigenvalue weighted by atomic mass is 9.91. The van der Waals surface area contributed by atoms with Crippen molar-refractivity contribution in [2.75, 3.05) is 12.3 Å². The number of carbonyl (C=O) groups is 1. The normalized spacial score (nSPS) is 13.0. The number of nitrogens with two attached hydrogens (primary N) is 1. The van der Waals surface area contributed by atoms with E-state index in [2.05, 4.69) is 26.3 Å². The first-order valence-electron chi connectivity index (χ1n) is 9.49.